The van der Waals surface area contributed by atoms with Crippen molar-refractivity contribution in [3.05, 3.63) is 48.0 Å². The van der Waals surface area contributed by atoms with Gasteiger partial charge in [-0.05, 0) is 37.1 Å². The lowest BCUT2D eigenvalue weighted by molar-refractivity contribution is 0.0712. The Balaban J connectivity index is 1.10. The number of amides is 1. The van der Waals surface area contributed by atoms with E-state index < -0.39 is 0 Å². The highest BCUT2D eigenvalue weighted by Gasteiger charge is 2.25. The van der Waals surface area contributed by atoms with Gasteiger partial charge in [-0.3, -0.25) is 9.69 Å². The Kier molecular flexibility index (Phi) is 6.50. The average Bonchev–Trinajstić information content (AvgIpc) is 3.38. The summed E-state index contributed by atoms with van der Waals surface area (Å²) >= 11 is 0. The van der Waals surface area contributed by atoms with E-state index in [1.807, 2.05) is 35.2 Å². The van der Waals surface area contributed by atoms with Crippen LogP contribution in [0.2, 0.25) is 0 Å². The van der Waals surface area contributed by atoms with Gasteiger partial charge in [0, 0.05) is 71.1 Å². The highest BCUT2D eigenvalue weighted by atomic mass is 16.5. The minimum absolute atomic E-state index is 0.102. The van der Waals surface area contributed by atoms with Crippen LogP contribution in [0.5, 0.6) is 0 Å². The zero-order valence-electron chi connectivity index (χ0n) is 18.6. The number of piperazine rings is 2. The van der Waals surface area contributed by atoms with E-state index in [1.165, 1.54) is 12.8 Å². The second-order valence-corrected chi connectivity index (χ2v) is 8.82. The number of rotatable bonds is 5. The summed E-state index contributed by atoms with van der Waals surface area (Å²) in [6, 6.07) is 13.6. The number of ether oxygens (including phenoxy) is 1. The fraction of sp³-hybridized carbons (Fsp3) is 0.542. The molecule has 3 saturated heterocycles. The van der Waals surface area contributed by atoms with Gasteiger partial charge in [-0.2, -0.15) is 0 Å². The van der Waals surface area contributed by atoms with Gasteiger partial charge in [-0.1, -0.05) is 18.2 Å². The lowest BCUT2D eigenvalue weighted by Crippen LogP contribution is -2.49. The molecule has 4 heterocycles. The second kappa shape index (κ2) is 9.83. The first-order chi connectivity index (χ1) is 15.8. The summed E-state index contributed by atoms with van der Waals surface area (Å²) in [5.74, 6) is 1.94. The zero-order chi connectivity index (χ0) is 21.8. The fourth-order valence-corrected chi connectivity index (χ4v) is 4.79. The van der Waals surface area contributed by atoms with Gasteiger partial charge < -0.3 is 19.4 Å². The molecule has 1 aromatic carbocycles. The van der Waals surface area contributed by atoms with Crippen molar-refractivity contribution < 1.29 is 9.53 Å². The minimum atomic E-state index is 0.102. The second-order valence-electron chi connectivity index (χ2n) is 8.82. The van der Waals surface area contributed by atoms with Crippen LogP contribution in [0.25, 0.3) is 0 Å². The summed E-state index contributed by atoms with van der Waals surface area (Å²) in [5, 5.41) is 9.02. The molecular weight excluding hydrogens is 404 g/mol. The lowest BCUT2D eigenvalue weighted by atomic mass is 10.2. The van der Waals surface area contributed by atoms with E-state index in [9.17, 15) is 4.79 Å². The predicted octanol–water partition coefficient (Wildman–Crippen LogP) is 1.74. The maximum absolute atomic E-state index is 12.6. The Morgan fingerprint density at radius 1 is 0.844 bits per heavy atom. The van der Waals surface area contributed by atoms with Gasteiger partial charge in [0.1, 0.15) is 0 Å². The number of benzene rings is 1. The van der Waals surface area contributed by atoms with Crippen LogP contribution in [-0.2, 0) is 4.74 Å². The molecule has 1 atom stereocenters. The molecule has 32 heavy (non-hydrogen) atoms. The first-order valence-electron chi connectivity index (χ1n) is 11.8. The molecule has 0 N–H and O–H groups in total. The summed E-state index contributed by atoms with van der Waals surface area (Å²) in [5.41, 5.74) is 0.751. The molecule has 0 aliphatic carbocycles. The molecule has 3 aliphatic rings. The molecule has 3 fully saturated rings. The van der Waals surface area contributed by atoms with Gasteiger partial charge in [-0.25, -0.2) is 0 Å². The van der Waals surface area contributed by atoms with Crippen LogP contribution in [0.4, 0.5) is 11.6 Å². The van der Waals surface area contributed by atoms with Crippen molar-refractivity contribution in [2.24, 2.45) is 0 Å². The SMILES string of the molecule is O=C(c1ccccc1)N1CCN(c2ccc(N3CCN(CC4CCCO4)CC3)nn2)CC1. The Hall–Kier alpha value is -2.71. The van der Waals surface area contributed by atoms with E-state index in [1.54, 1.807) is 0 Å². The number of anilines is 2. The molecule has 8 nitrogen and oxygen atoms in total. The van der Waals surface area contributed by atoms with E-state index in [0.29, 0.717) is 19.2 Å². The van der Waals surface area contributed by atoms with Crippen LogP contribution in [0, 0.1) is 0 Å². The van der Waals surface area contributed by atoms with E-state index in [-0.39, 0.29) is 5.91 Å². The van der Waals surface area contributed by atoms with E-state index in [4.69, 9.17) is 4.74 Å². The molecule has 0 radical (unpaired) electrons. The van der Waals surface area contributed by atoms with Crippen LogP contribution in [0.1, 0.15) is 23.2 Å². The van der Waals surface area contributed by atoms with E-state index >= 15 is 0 Å². The molecule has 5 rings (SSSR count). The molecule has 170 valence electrons. The predicted molar refractivity (Wildman–Crippen MR) is 124 cm³/mol. The van der Waals surface area contributed by atoms with Gasteiger partial charge in [0.05, 0.1) is 6.10 Å². The number of aromatic nitrogens is 2. The van der Waals surface area contributed by atoms with Gasteiger partial charge in [0.15, 0.2) is 11.6 Å². The standard InChI is InChI=1S/C24H32N6O2/c31-24(20-5-2-1-3-6-20)30-16-14-29(15-17-30)23-9-8-22(25-26-23)28-12-10-27(11-13-28)19-21-7-4-18-32-21/h1-3,5-6,8-9,21H,4,7,10-19H2. The maximum atomic E-state index is 12.6. The summed E-state index contributed by atoms with van der Waals surface area (Å²) in [6.07, 6.45) is 2.82. The third kappa shape index (κ3) is 4.86. The molecule has 0 bridgehead atoms. The smallest absolute Gasteiger partial charge is 0.253 e. The molecule has 0 spiro atoms. The van der Waals surface area contributed by atoms with Crippen molar-refractivity contribution in [1.29, 1.82) is 0 Å². The van der Waals surface area contributed by atoms with E-state index in [0.717, 1.165) is 69.6 Å². The Morgan fingerprint density at radius 2 is 1.47 bits per heavy atom. The molecule has 1 amide bonds. The largest absolute Gasteiger partial charge is 0.377 e. The van der Waals surface area contributed by atoms with Crippen LogP contribution in [-0.4, -0.2) is 97.5 Å². The van der Waals surface area contributed by atoms with Crippen molar-refractivity contribution in [2.45, 2.75) is 18.9 Å². The van der Waals surface area contributed by atoms with Crippen molar-refractivity contribution in [3.63, 3.8) is 0 Å². The summed E-state index contributed by atoms with van der Waals surface area (Å²) in [4.78, 5) is 21.6. The number of carbonyl (C=O) groups is 1. The minimum Gasteiger partial charge on any atom is -0.377 e. The van der Waals surface area contributed by atoms with Crippen molar-refractivity contribution in [3.8, 4) is 0 Å². The summed E-state index contributed by atoms with van der Waals surface area (Å²) in [6.45, 7) is 8.95. The molecule has 2 aromatic rings. The number of hydrogen-bond donors (Lipinski definition) is 0. The molecule has 1 aromatic heterocycles. The van der Waals surface area contributed by atoms with Crippen LogP contribution in [0.3, 0.4) is 0 Å². The van der Waals surface area contributed by atoms with Crippen LogP contribution in [0.15, 0.2) is 42.5 Å². The van der Waals surface area contributed by atoms with Crippen molar-refractivity contribution >= 4 is 17.5 Å². The maximum Gasteiger partial charge on any atom is 0.253 e. The van der Waals surface area contributed by atoms with Gasteiger partial charge in [-0.15, -0.1) is 10.2 Å². The third-order valence-electron chi connectivity index (χ3n) is 6.73. The molecule has 1 unspecified atom stereocenters. The number of hydrogen-bond acceptors (Lipinski definition) is 7. The molecular formula is C24H32N6O2. The molecule has 0 saturated carbocycles. The Bertz CT molecular complexity index is 871. The normalized spacial score (nSPS) is 22.4. The highest BCUT2D eigenvalue weighted by Crippen LogP contribution is 2.20. The molecule has 8 heteroatoms. The van der Waals surface area contributed by atoms with Crippen LogP contribution < -0.4 is 9.80 Å². The lowest BCUT2D eigenvalue weighted by Gasteiger charge is -2.37. The number of carbonyl (C=O) groups excluding carboxylic acids is 1. The van der Waals surface area contributed by atoms with E-state index in [2.05, 4.69) is 37.0 Å². The molecule has 3 aliphatic heterocycles. The Morgan fingerprint density at radius 3 is 2.03 bits per heavy atom. The average molecular weight is 437 g/mol. The van der Waals surface area contributed by atoms with Crippen molar-refractivity contribution in [1.82, 2.24) is 20.0 Å². The fourth-order valence-electron chi connectivity index (χ4n) is 4.79. The van der Waals surface area contributed by atoms with Crippen LogP contribution >= 0.6 is 0 Å². The zero-order valence-corrected chi connectivity index (χ0v) is 18.6. The van der Waals surface area contributed by atoms with Gasteiger partial charge in [0.25, 0.3) is 5.91 Å². The summed E-state index contributed by atoms with van der Waals surface area (Å²) in [7, 11) is 0. The van der Waals surface area contributed by atoms with Gasteiger partial charge >= 0.3 is 0 Å². The highest BCUT2D eigenvalue weighted by molar-refractivity contribution is 5.94. The third-order valence-corrected chi connectivity index (χ3v) is 6.73. The number of nitrogens with zero attached hydrogens (tertiary/aromatic N) is 6. The monoisotopic (exact) mass is 436 g/mol. The quantitative estimate of drug-likeness (QED) is 0.707. The summed E-state index contributed by atoms with van der Waals surface area (Å²) < 4.78 is 5.78. The first kappa shape index (κ1) is 21.2. The first-order valence-corrected chi connectivity index (χ1v) is 11.8. The Labute approximate surface area is 189 Å². The van der Waals surface area contributed by atoms with Crippen molar-refractivity contribution in [2.75, 3.05) is 75.3 Å². The van der Waals surface area contributed by atoms with Gasteiger partial charge in [0.2, 0.25) is 0 Å². The topological polar surface area (TPSA) is 65.0 Å².